The number of rotatable bonds is 5. The van der Waals surface area contributed by atoms with Crippen molar-refractivity contribution in [2.75, 3.05) is 32.1 Å². The summed E-state index contributed by atoms with van der Waals surface area (Å²) in [6, 6.07) is 5.67. The van der Waals surface area contributed by atoms with Gasteiger partial charge in [0.05, 0.1) is 5.69 Å². The van der Waals surface area contributed by atoms with Crippen molar-refractivity contribution in [2.24, 2.45) is 0 Å². The molecule has 118 valence electrons. The first kappa shape index (κ1) is 15.9. The Kier molecular flexibility index (Phi) is 4.75. The number of likely N-dealkylation sites (N-methyl/N-ethyl adjacent to an activating group) is 1. The Bertz CT molecular complexity index is 605. The summed E-state index contributed by atoms with van der Waals surface area (Å²) in [5.41, 5.74) is 0.209. The quantitative estimate of drug-likeness (QED) is 0.774. The van der Waals surface area contributed by atoms with Crippen LogP contribution in [0.25, 0.3) is 0 Å². The molecule has 0 radical (unpaired) electrons. The van der Waals surface area contributed by atoms with Gasteiger partial charge in [-0.2, -0.15) is 0 Å². The molecule has 1 saturated heterocycles. The van der Waals surface area contributed by atoms with Gasteiger partial charge in [0.2, 0.25) is 11.8 Å². The summed E-state index contributed by atoms with van der Waals surface area (Å²) in [4.78, 5) is 39.0. The molecular formula is C15H18FN3O3. The molecule has 1 aliphatic rings. The number of urea groups is 1. The van der Waals surface area contributed by atoms with Crippen LogP contribution in [0.3, 0.4) is 0 Å². The van der Waals surface area contributed by atoms with Gasteiger partial charge >= 0.3 is 6.03 Å². The van der Waals surface area contributed by atoms with E-state index in [-0.39, 0.29) is 43.0 Å². The molecular weight excluding hydrogens is 289 g/mol. The molecule has 1 aromatic rings. The summed E-state index contributed by atoms with van der Waals surface area (Å²) in [6.07, 6.45) is 0.481. The van der Waals surface area contributed by atoms with Gasteiger partial charge in [-0.05, 0) is 18.6 Å². The third kappa shape index (κ3) is 3.24. The molecule has 1 fully saturated rings. The number of imide groups is 1. The minimum Gasteiger partial charge on any atom is -0.318 e. The summed E-state index contributed by atoms with van der Waals surface area (Å²) < 4.78 is 13.6. The van der Waals surface area contributed by atoms with E-state index in [1.54, 1.807) is 19.2 Å². The van der Waals surface area contributed by atoms with E-state index in [0.29, 0.717) is 6.42 Å². The lowest BCUT2D eigenvalue weighted by molar-refractivity contribution is -0.126. The van der Waals surface area contributed by atoms with Crippen molar-refractivity contribution in [2.45, 2.75) is 12.8 Å². The molecule has 0 N–H and O–H groups in total. The van der Waals surface area contributed by atoms with Crippen LogP contribution < -0.4 is 4.90 Å². The molecule has 1 aliphatic heterocycles. The molecule has 0 atom stereocenters. The maximum atomic E-state index is 13.6. The van der Waals surface area contributed by atoms with E-state index >= 15 is 0 Å². The molecule has 6 nitrogen and oxygen atoms in total. The highest BCUT2D eigenvalue weighted by atomic mass is 19.1. The highest BCUT2D eigenvalue weighted by molar-refractivity contribution is 6.01. The number of halogens is 1. The lowest BCUT2D eigenvalue weighted by atomic mass is 10.2. The standard InChI is InChI=1S/C15H18FN3O3/c1-17-10-14(21)19(15(17)22)9-5-8-13(20)18(2)12-7-4-3-6-11(12)16/h3-4,6-7H,5,8-10H2,1-2H3. The third-order valence-electron chi connectivity index (χ3n) is 3.59. The van der Waals surface area contributed by atoms with E-state index in [2.05, 4.69) is 0 Å². The lowest BCUT2D eigenvalue weighted by Gasteiger charge is -2.19. The Hall–Kier alpha value is -2.44. The minimum atomic E-state index is -0.468. The van der Waals surface area contributed by atoms with Gasteiger partial charge in [0.15, 0.2) is 0 Å². The van der Waals surface area contributed by atoms with Gasteiger partial charge in [0.1, 0.15) is 12.4 Å². The first-order chi connectivity index (χ1) is 10.4. The van der Waals surface area contributed by atoms with E-state index in [1.807, 2.05) is 0 Å². The highest BCUT2D eigenvalue weighted by Crippen LogP contribution is 2.18. The average Bonchev–Trinajstić information content (AvgIpc) is 2.73. The normalized spacial score (nSPS) is 14.7. The summed E-state index contributed by atoms with van der Waals surface area (Å²) in [5, 5.41) is 0. The maximum absolute atomic E-state index is 13.6. The van der Waals surface area contributed by atoms with Gasteiger partial charge in [0.25, 0.3) is 0 Å². The number of hydrogen-bond acceptors (Lipinski definition) is 3. The second-order valence-corrected chi connectivity index (χ2v) is 5.19. The molecule has 4 amide bonds. The zero-order chi connectivity index (χ0) is 16.3. The van der Waals surface area contributed by atoms with Crippen LogP contribution in [0.5, 0.6) is 0 Å². The largest absolute Gasteiger partial charge is 0.326 e. The van der Waals surface area contributed by atoms with Gasteiger partial charge in [0, 0.05) is 27.1 Å². The number of anilines is 1. The van der Waals surface area contributed by atoms with E-state index in [4.69, 9.17) is 0 Å². The summed E-state index contributed by atoms with van der Waals surface area (Å²) in [5.74, 6) is -0.996. The topological polar surface area (TPSA) is 60.9 Å². The first-order valence-corrected chi connectivity index (χ1v) is 6.98. The van der Waals surface area contributed by atoms with Crippen LogP contribution in [0.1, 0.15) is 12.8 Å². The van der Waals surface area contributed by atoms with Gasteiger partial charge in [-0.25, -0.2) is 9.18 Å². The Morgan fingerprint density at radius 1 is 1.32 bits per heavy atom. The van der Waals surface area contributed by atoms with E-state index in [1.165, 1.54) is 29.0 Å². The predicted molar refractivity (Wildman–Crippen MR) is 78.8 cm³/mol. The first-order valence-electron chi connectivity index (χ1n) is 6.98. The monoisotopic (exact) mass is 307 g/mol. The zero-order valence-corrected chi connectivity index (χ0v) is 12.6. The Morgan fingerprint density at radius 2 is 2.00 bits per heavy atom. The highest BCUT2D eigenvalue weighted by Gasteiger charge is 2.32. The van der Waals surface area contributed by atoms with Crippen LogP contribution >= 0.6 is 0 Å². The maximum Gasteiger partial charge on any atom is 0.326 e. The van der Waals surface area contributed by atoms with Crippen molar-refractivity contribution in [3.05, 3.63) is 30.1 Å². The summed E-state index contributed by atoms with van der Waals surface area (Å²) >= 11 is 0. The van der Waals surface area contributed by atoms with Crippen LogP contribution in [0.2, 0.25) is 0 Å². The predicted octanol–water partition coefficient (Wildman–Crippen LogP) is 1.46. The fourth-order valence-electron chi connectivity index (χ4n) is 2.30. The molecule has 7 heteroatoms. The number of amides is 4. The van der Waals surface area contributed by atoms with E-state index in [9.17, 15) is 18.8 Å². The smallest absolute Gasteiger partial charge is 0.318 e. The second-order valence-electron chi connectivity index (χ2n) is 5.19. The molecule has 0 aliphatic carbocycles. The molecule has 22 heavy (non-hydrogen) atoms. The number of hydrogen-bond donors (Lipinski definition) is 0. The molecule has 2 rings (SSSR count). The Balaban J connectivity index is 1.87. The molecule has 1 heterocycles. The van der Waals surface area contributed by atoms with Crippen molar-refractivity contribution in [1.29, 1.82) is 0 Å². The van der Waals surface area contributed by atoms with Gasteiger partial charge in [-0.1, -0.05) is 12.1 Å². The van der Waals surface area contributed by atoms with Gasteiger partial charge < -0.3 is 9.80 Å². The summed E-state index contributed by atoms with van der Waals surface area (Å²) in [7, 11) is 3.05. The average molecular weight is 307 g/mol. The number of nitrogens with zero attached hydrogens (tertiary/aromatic N) is 3. The number of carbonyl (C=O) groups excluding carboxylic acids is 3. The van der Waals surface area contributed by atoms with Gasteiger partial charge in [-0.15, -0.1) is 0 Å². The van der Waals surface area contributed by atoms with E-state index < -0.39 is 5.82 Å². The van der Waals surface area contributed by atoms with E-state index in [0.717, 1.165) is 4.90 Å². The number of para-hydroxylation sites is 1. The Labute approximate surface area is 128 Å². The van der Waals surface area contributed by atoms with Crippen LogP contribution in [0.4, 0.5) is 14.9 Å². The molecule has 0 bridgehead atoms. The fraction of sp³-hybridized carbons (Fsp3) is 0.400. The molecule has 0 aromatic heterocycles. The minimum absolute atomic E-state index is 0.0713. The second kappa shape index (κ2) is 6.55. The summed E-state index contributed by atoms with van der Waals surface area (Å²) in [6.45, 7) is 0.265. The van der Waals surface area contributed by atoms with Crippen molar-refractivity contribution in [3.8, 4) is 0 Å². The lowest BCUT2D eigenvalue weighted by Crippen LogP contribution is -2.33. The third-order valence-corrected chi connectivity index (χ3v) is 3.59. The van der Waals surface area contributed by atoms with Crippen LogP contribution in [-0.4, -0.2) is 54.8 Å². The molecule has 0 spiro atoms. The molecule has 0 unspecified atom stereocenters. The Morgan fingerprint density at radius 3 is 2.59 bits per heavy atom. The van der Waals surface area contributed by atoms with Crippen molar-refractivity contribution in [1.82, 2.24) is 9.80 Å². The molecule has 1 aromatic carbocycles. The fourth-order valence-corrected chi connectivity index (χ4v) is 2.30. The van der Waals surface area contributed by atoms with Crippen molar-refractivity contribution >= 4 is 23.5 Å². The number of benzene rings is 1. The van der Waals surface area contributed by atoms with Gasteiger partial charge in [-0.3, -0.25) is 14.5 Å². The number of carbonyl (C=O) groups is 3. The SMILES string of the molecule is CN1CC(=O)N(CCCC(=O)N(C)c2ccccc2F)C1=O. The zero-order valence-electron chi connectivity index (χ0n) is 12.6. The molecule has 0 saturated carbocycles. The van der Waals surface area contributed by atoms with Crippen LogP contribution in [0.15, 0.2) is 24.3 Å². The van der Waals surface area contributed by atoms with Crippen molar-refractivity contribution in [3.63, 3.8) is 0 Å². The van der Waals surface area contributed by atoms with Crippen LogP contribution in [-0.2, 0) is 9.59 Å². The van der Waals surface area contributed by atoms with Crippen LogP contribution in [0, 0.1) is 5.82 Å². The van der Waals surface area contributed by atoms with Crippen molar-refractivity contribution < 1.29 is 18.8 Å².